The second-order valence-corrected chi connectivity index (χ2v) is 10.3. The average Bonchev–Trinajstić information content (AvgIpc) is 3.27. The van der Waals surface area contributed by atoms with E-state index in [1.807, 2.05) is 19.9 Å². The molecule has 0 N–H and O–H groups in total. The molecule has 2 aromatic carbocycles. The molecule has 0 aliphatic carbocycles. The summed E-state index contributed by atoms with van der Waals surface area (Å²) in [5.41, 5.74) is 2.59. The molecule has 176 valence electrons. The SMILES string of the molecule is CCCn1cc(-c2cccc(C(=O)N(C)C)c2)c2ccn(S(=O)(=O)c3ccc(C)cc3)c2c1=O. The maximum atomic E-state index is 13.5. The van der Waals surface area contributed by atoms with Gasteiger partial charge in [-0.2, -0.15) is 0 Å². The summed E-state index contributed by atoms with van der Waals surface area (Å²) in [5, 5.41) is 0.516. The molecule has 0 saturated carbocycles. The number of aryl methyl sites for hydroxylation is 2. The molecule has 0 spiro atoms. The minimum Gasteiger partial charge on any atom is -0.345 e. The van der Waals surface area contributed by atoms with E-state index in [9.17, 15) is 18.0 Å². The third kappa shape index (κ3) is 4.05. The number of hydrogen-bond donors (Lipinski definition) is 0. The number of rotatable bonds is 6. The molecule has 2 heterocycles. The van der Waals surface area contributed by atoms with Crippen LogP contribution in [0, 0.1) is 6.92 Å². The Morgan fingerprint density at radius 2 is 1.74 bits per heavy atom. The van der Waals surface area contributed by atoms with E-state index in [0.717, 1.165) is 15.1 Å². The highest BCUT2D eigenvalue weighted by molar-refractivity contribution is 7.90. The second-order valence-electron chi connectivity index (χ2n) is 8.51. The molecule has 2 aromatic heterocycles. The lowest BCUT2D eigenvalue weighted by atomic mass is 10.0. The van der Waals surface area contributed by atoms with Gasteiger partial charge in [-0.25, -0.2) is 12.4 Å². The van der Waals surface area contributed by atoms with Gasteiger partial charge in [-0.15, -0.1) is 0 Å². The van der Waals surface area contributed by atoms with Gasteiger partial charge in [0.15, 0.2) is 0 Å². The molecule has 0 unspecified atom stereocenters. The van der Waals surface area contributed by atoms with Crippen molar-refractivity contribution in [1.29, 1.82) is 0 Å². The zero-order valence-corrected chi connectivity index (χ0v) is 20.5. The number of nitrogens with zero attached hydrogens (tertiary/aromatic N) is 3. The predicted molar refractivity (Wildman–Crippen MR) is 134 cm³/mol. The third-order valence-corrected chi connectivity index (χ3v) is 7.45. The van der Waals surface area contributed by atoms with E-state index in [4.69, 9.17) is 0 Å². The fraction of sp³-hybridized carbons (Fsp3) is 0.231. The molecule has 8 heteroatoms. The molecule has 0 saturated heterocycles. The Kier molecular flexibility index (Phi) is 6.18. The summed E-state index contributed by atoms with van der Waals surface area (Å²) in [6.45, 7) is 4.27. The summed E-state index contributed by atoms with van der Waals surface area (Å²) in [5.74, 6) is -0.139. The summed E-state index contributed by atoms with van der Waals surface area (Å²) in [4.78, 5) is 27.5. The van der Waals surface area contributed by atoms with Crippen LogP contribution in [-0.2, 0) is 16.6 Å². The minimum atomic E-state index is -3.98. The van der Waals surface area contributed by atoms with Crippen LogP contribution < -0.4 is 5.56 Å². The van der Waals surface area contributed by atoms with Crippen LogP contribution in [0.1, 0.15) is 29.3 Å². The molecule has 0 radical (unpaired) electrons. The smallest absolute Gasteiger partial charge is 0.276 e. The Morgan fingerprint density at radius 1 is 1.03 bits per heavy atom. The highest BCUT2D eigenvalue weighted by atomic mass is 32.2. The topological polar surface area (TPSA) is 81.4 Å². The molecule has 0 fully saturated rings. The van der Waals surface area contributed by atoms with Gasteiger partial charge in [-0.3, -0.25) is 9.59 Å². The maximum absolute atomic E-state index is 13.5. The minimum absolute atomic E-state index is 0.0934. The summed E-state index contributed by atoms with van der Waals surface area (Å²) >= 11 is 0. The number of aromatic nitrogens is 2. The summed E-state index contributed by atoms with van der Waals surface area (Å²) < 4.78 is 29.6. The lowest BCUT2D eigenvalue weighted by molar-refractivity contribution is 0.0827. The molecule has 0 atom stereocenters. The molecule has 0 bridgehead atoms. The monoisotopic (exact) mass is 477 g/mol. The number of carbonyl (C=O) groups is 1. The molecule has 0 aliphatic rings. The predicted octanol–water partition coefficient (Wildman–Crippen LogP) is 4.13. The van der Waals surface area contributed by atoms with E-state index in [1.54, 1.807) is 73.4 Å². The number of amides is 1. The van der Waals surface area contributed by atoms with Crippen molar-refractivity contribution >= 4 is 26.8 Å². The van der Waals surface area contributed by atoms with E-state index in [2.05, 4.69) is 0 Å². The molecule has 4 rings (SSSR count). The Hall–Kier alpha value is -3.65. The van der Waals surface area contributed by atoms with Crippen molar-refractivity contribution in [3.8, 4) is 11.1 Å². The Morgan fingerprint density at radius 3 is 2.38 bits per heavy atom. The van der Waals surface area contributed by atoms with E-state index in [0.29, 0.717) is 29.5 Å². The van der Waals surface area contributed by atoms with E-state index in [-0.39, 0.29) is 21.9 Å². The number of hydrogen-bond acceptors (Lipinski definition) is 4. The number of pyridine rings is 1. The highest BCUT2D eigenvalue weighted by Crippen LogP contribution is 2.30. The molecular formula is C26H27N3O4S. The molecule has 0 aliphatic heterocycles. The standard InChI is InChI=1S/C26H27N3O4S/c1-5-14-28-17-23(19-7-6-8-20(16-19)25(30)27(3)4)22-13-15-29(24(22)26(28)31)34(32,33)21-11-9-18(2)10-12-21/h6-13,15-17H,5,14H2,1-4H3. The van der Waals surface area contributed by atoms with Crippen molar-refractivity contribution in [2.75, 3.05) is 14.1 Å². The van der Waals surface area contributed by atoms with Crippen LogP contribution in [0.25, 0.3) is 22.0 Å². The number of benzene rings is 2. The number of carbonyl (C=O) groups excluding carboxylic acids is 1. The Bertz CT molecular complexity index is 1550. The van der Waals surface area contributed by atoms with Gasteiger partial charge in [0.1, 0.15) is 5.52 Å². The zero-order valence-electron chi connectivity index (χ0n) is 19.6. The first-order valence-corrected chi connectivity index (χ1v) is 12.5. The van der Waals surface area contributed by atoms with E-state index < -0.39 is 10.0 Å². The summed E-state index contributed by atoms with van der Waals surface area (Å²) in [7, 11) is -0.612. The normalized spacial score (nSPS) is 11.6. The fourth-order valence-electron chi connectivity index (χ4n) is 4.00. The van der Waals surface area contributed by atoms with Gasteiger partial charge in [0.2, 0.25) is 0 Å². The zero-order chi connectivity index (χ0) is 24.6. The lowest BCUT2D eigenvalue weighted by Crippen LogP contribution is -2.24. The van der Waals surface area contributed by atoms with Crippen LogP contribution in [0.3, 0.4) is 0 Å². The van der Waals surface area contributed by atoms with Crippen LogP contribution in [0.4, 0.5) is 0 Å². The maximum Gasteiger partial charge on any atom is 0.276 e. The highest BCUT2D eigenvalue weighted by Gasteiger charge is 2.23. The molecule has 7 nitrogen and oxygen atoms in total. The number of fused-ring (bicyclic) bond motifs is 1. The lowest BCUT2D eigenvalue weighted by Gasteiger charge is -2.14. The van der Waals surface area contributed by atoms with Crippen molar-refractivity contribution in [3.05, 3.63) is 88.5 Å². The van der Waals surface area contributed by atoms with Crippen molar-refractivity contribution in [1.82, 2.24) is 13.4 Å². The van der Waals surface area contributed by atoms with Gasteiger partial charge in [0.05, 0.1) is 4.90 Å². The molecular weight excluding hydrogens is 450 g/mol. The van der Waals surface area contributed by atoms with Crippen molar-refractivity contribution in [2.24, 2.45) is 0 Å². The first-order valence-electron chi connectivity index (χ1n) is 11.0. The van der Waals surface area contributed by atoms with Gasteiger partial charge in [-0.1, -0.05) is 36.8 Å². The first kappa shape index (κ1) is 23.5. The van der Waals surface area contributed by atoms with Crippen LogP contribution in [0.5, 0.6) is 0 Å². The van der Waals surface area contributed by atoms with Gasteiger partial charge >= 0.3 is 0 Å². The summed E-state index contributed by atoms with van der Waals surface area (Å²) in [6, 6.07) is 15.3. The van der Waals surface area contributed by atoms with Crippen LogP contribution in [0.2, 0.25) is 0 Å². The quantitative estimate of drug-likeness (QED) is 0.418. The van der Waals surface area contributed by atoms with E-state index >= 15 is 0 Å². The molecule has 1 amide bonds. The van der Waals surface area contributed by atoms with Crippen LogP contribution >= 0.6 is 0 Å². The Labute approximate surface area is 198 Å². The van der Waals surface area contributed by atoms with Gasteiger partial charge in [0, 0.05) is 49.5 Å². The average molecular weight is 478 g/mol. The van der Waals surface area contributed by atoms with Crippen LogP contribution in [0.15, 0.2) is 76.7 Å². The van der Waals surface area contributed by atoms with Crippen molar-refractivity contribution in [3.63, 3.8) is 0 Å². The molecule has 34 heavy (non-hydrogen) atoms. The fourth-order valence-corrected chi connectivity index (χ4v) is 5.35. The van der Waals surface area contributed by atoms with Gasteiger partial charge < -0.3 is 9.47 Å². The van der Waals surface area contributed by atoms with Crippen molar-refractivity contribution in [2.45, 2.75) is 31.7 Å². The van der Waals surface area contributed by atoms with Crippen LogP contribution in [-0.4, -0.2) is 41.9 Å². The first-order chi connectivity index (χ1) is 16.1. The second kappa shape index (κ2) is 8.95. The van der Waals surface area contributed by atoms with E-state index in [1.165, 1.54) is 11.1 Å². The van der Waals surface area contributed by atoms with Gasteiger partial charge in [0.25, 0.3) is 21.5 Å². The third-order valence-electron chi connectivity index (χ3n) is 5.76. The molecule has 4 aromatic rings. The Balaban J connectivity index is 2.00. The summed E-state index contributed by atoms with van der Waals surface area (Å²) in [6.07, 6.45) is 3.88. The van der Waals surface area contributed by atoms with Crippen molar-refractivity contribution < 1.29 is 13.2 Å². The van der Waals surface area contributed by atoms with Gasteiger partial charge in [-0.05, 0) is 49.2 Å². The largest absolute Gasteiger partial charge is 0.345 e.